The number of methoxy groups -OCH3 is 1. The van der Waals surface area contributed by atoms with E-state index in [4.69, 9.17) is 9.72 Å². The molecule has 0 saturated heterocycles. The molecule has 0 radical (unpaired) electrons. The molecular formula is C22H16N2O. The van der Waals surface area contributed by atoms with Crippen molar-refractivity contribution in [1.82, 2.24) is 9.38 Å². The minimum absolute atomic E-state index is 0.846. The van der Waals surface area contributed by atoms with Crippen molar-refractivity contribution < 1.29 is 4.74 Å². The second-order valence-corrected chi connectivity index (χ2v) is 6.10. The van der Waals surface area contributed by atoms with Gasteiger partial charge in [-0.15, -0.1) is 0 Å². The van der Waals surface area contributed by atoms with E-state index in [1.54, 1.807) is 7.11 Å². The number of ether oxygens (including phenoxy) is 1. The second kappa shape index (κ2) is 5.35. The minimum Gasteiger partial charge on any atom is -0.497 e. The van der Waals surface area contributed by atoms with Gasteiger partial charge in [0, 0.05) is 16.3 Å². The number of aromatic nitrogens is 2. The topological polar surface area (TPSA) is 26.5 Å². The molecule has 0 atom stereocenters. The second-order valence-electron chi connectivity index (χ2n) is 6.10. The Balaban J connectivity index is 1.95. The molecule has 2 aromatic heterocycles. The highest BCUT2D eigenvalue weighted by Crippen LogP contribution is 2.31. The monoisotopic (exact) mass is 324 g/mol. The van der Waals surface area contributed by atoms with Crippen LogP contribution in [-0.4, -0.2) is 16.5 Å². The Morgan fingerprint density at radius 3 is 2.40 bits per heavy atom. The van der Waals surface area contributed by atoms with E-state index in [9.17, 15) is 0 Å². The van der Waals surface area contributed by atoms with Crippen LogP contribution in [0.1, 0.15) is 0 Å². The zero-order chi connectivity index (χ0) is 16.8. The molecular weight excluding hydrogens is 308 g/mol. The zero-order valence-corrected chi connectivity index (χ0v) is 13.8. The first kappa shape index (κ1) is 14.1. The Bertz CT molecular complexity index is 1220. The lowest BCUT2D eigenvalue weighted by Gasteiger charge is -2.10. The first-order valence-electron chi connectivity index (χ1n) is 8.28. The Morgan fingerprint density at radius 1 is 0.800 bits per heavy atom. The molecule has 5 rings (SSSR count). The van der Waals surface area contributed by atoms with Crippen LogP contribution in [-0.2, 0) is 0 Å². The van der Waals surface area contributed by atoms with Gasteiger partial charge in [0.25, 0.3) is 0 Å². The SMILES string of the molecule is COc1ccc(-c2nc3ccccc3c3cc4ccccc4n23)cc1. The van der Waals surface area contributed by atoms with Crippen molar-refractivity contribution >= 4 is 27.3 Å². The molecule has 2 heterocycles. The average Bonchev–Trinajstić information content (AvgIpc) is 3.07. The molecule has 0 unspecified atom stereocenters. The molecule has 0 aliphatic heterocycles. The van der Waals surface area contributed by atoms with E-state index >= 15 is 0 Å². The maximum Gasteiger partial charge on any atom is 0.145 e. The molecule has 0 N–H and O–H groups in total. The average molecular weight is 324 g/mol. The summed E-state index contributed by atoms with van der Waals surface area (Å²) in [6, 6.07) is 27.1. The van der Waals surface area contributed by atoms with Crippen LogP contribution in [0.4, 0.5) is 0 Å². The van der Waals surface area contributed by atoms with Gasteiger partial charge in [0.2, 0.25) is 0 Å². The van der Waals surface area contributed by atoms with E-state index < -0.39 is 0 Å². The molecule has 0 spiro atoms. The summed E-state index contributed by atoms with van der Waals surface area (Å²) in [5, 5.41) is 2.38. The molecule has 0 amide bonds. The van der Waals surface area contributed by atoms with Crippen LogP contribution in [0.2, 0.25) is 0 Å². The van der Waals surface area contributed by atoms with Crippen LogP contribution in [0.5, 0.6) is 5.75 Å². The Hall–Kier alpha value is -3.33. The van der Waals surface area contributed by atoms with Gasteiger partial charge >= 0.3 is 0 Å². The van der Waals surface area contributed by atoms with Crippen molar-refractivity contribution in [3.8, 4) is 17.1 Å². The number of nitrogens with zero attached hydrogens (tertiary/aromatic N) is 2. The van der Waals surface area contributed by atoms with Gasteiger partial charge in [-0.1, -0.05) is 36.4 Å². The third-order valence-corrected chi connectivity index (χ3v) is 4.68. The standard InChI is InChI=1S/C22H16N2O/c1-25-17-12-10-15(11-13-17)22-23-19-8-4-3-7-18(19)21-14-16-6-2-5-9-20(16)24(21)22/h2-14H,1H3. The number of hydrogen-bond acceptors (Lipinski definition) is 2. The fourth-order valence-corrected chi connectivity index (χ4v) is 3.47. The Morgan fingerprint density at radius 2 is 1.56 bits per heavy atom. The summed E-state index contributed by atoms with van der Waals surface area (Å²) < 4.78 is 7.54. The molecule has 0 fully saturated rings. The lowest BCUT2D eigenvalue weighted by atomic mass is 10.1. The Kier molecular flexibility index (Phi) is 3.01. The summed E-state index contributed by atoms with van der Waals surface area (Å²) in [4.78, 5) is 4.97. The van der Waals surface area contributed by atoms with Crippen molar-refractivity contribution in [2.45, 2.75) is 0 Å². The van der Waals surface area contributed by atoms with Crippen molar-refractivity contribution in [3.63, 3.8) is 0 Å². The molecule has 3 aromatic carbocycles. The van der Waals surface area contributed by atoms with Gasteiger partial charge in [0.15, 0.2) is 0 Å². The van der Waals surface area contributed by atoms with Crippen molar-refractivity contribution in [2.75, 3.05) is 7.11 Å². The predicted octanol–water partition coefficient (Wildman–Crippen LogP) is 5.32. The van der Waals surface area contributed by atoms with Crippen molar-refractivity contribution in [3.05, 3.63) is 78.9 Å². The molecule has 5 aromatic rings. The summed E-state index contributed by atoms with van der Waals surface area (Å²) in [7, 11) is 1.68. The Labute approximate surface area is 145 Å². The smallest absolute Gasteiger partial charge is 0.145 e. The van der Waals surface area contributed by atoms with E-state index in [2.05, 4.69) is 65.1 Å². The van der Waals surface area contributed by atoms with Crippen LogP contribution in [0.3, 0.4) is 0 Å². The number of hydrogen-bond donors (Lipinski definition) is 0. The van der Waals surface area contributed by atoms with Crippen LogP contribution < -0.4 is 4.74 Å². The summed E-state index contributed by atoms with van der Waals surface area (Å²) in [6.07, 6.45) is 0. The van der Waals surface area contributed by atoms with Crippen LogP contribution in [0, 0.1) is 0 Å². The molecule has 0 bridgehead atoms. The third kappa shape index (κ3) is 2.09. The lowest BCUT2D eigenvalue weighted by Crippen LogP contribution is -1.97. The summed E-state index contributed by atoms with van der Waals surface area (Å²) >= 11 is 0. The number of para-hydroxylation sites is 2. The summed E-state index contributed by atoms with van der Waals surface area (Å²) in [6.45, 7) is 0. The predicted molar refractivity (Wildman–Crippen MR) is 102 cm³/mol. The van der Waals surface area contributed by atoms with E-state index in [1.165, 1.54) is 16.4 Å². The highest BCUT2D eigenvalue weighted by Gasteiger charge is 2.13. The van der Waals surface area contributed by atoms with Crippen molar-refractivity contribution in [2.24, 2.45) is 0 Å². The van der Waals surface area contributed by atoms with E-state index in [0.717, 1.165) is 28.0 Å². The molecule has 25 heavy (non-hydrogen) atoms. The lowest BCUT2D eigenvalue weighted by molar-refractivity contribution is 0.415. The first-order valence-corrected chi connectivity index (χ1v) is 8.28. The number of rotatable bonds is 2. The summed E-state index contributed by atoms with van der Waals surface area (Å²) in [5.41, 5.74) is 4.42. The number of fused-ring (bicyclic) bond motifs is 5. The number of benzene rings is 3. The molecule has 0 aliphatic carbocycles. The third-order valence-electron chi connectivity index (χ3n) is 4.68. The van der Waals surface area contributed by atoms with E-state index in [1.807, 2.05) is 18.2 Å². The van der Waals surface area contributed by atoms with Gasteiger partial charge < -0.3 is 4.74 Å². The van der Waals surface area contributed by atoms with E-state index in [-0.39, 0.29) is 0 Å². The van der Waals surface area contributed by atoms with Crippen LogP contribution >= 0.6 is 0 Å². The maximum atomic E-state index is 5.29. The van der Waals surface area contributed by atoms with Gasteiger partial charge in [0.05, 0.1) is 23.7 Å². The fraction of sp³-hybridized carbons (Fsp3) is 0.0455. The normalized spacial score (nSPS) is 11.4. The quantitative estimate of drug-likeness (QED) is 0.439. The molecule has 3 heteroatoms. The van der Waals surface area contributed by atoms with E-state index in [0.29, 0.717) is 0 Å². The fourth-order valence-electron chi connectivity index (χ4n) is 3.47. The van der Waals surface area contributed by atoms with Crippen LogP contribution in [0.25, 0.3) is 38.7 Å². The summed E-state index contributed by atoms with van der Waals surface area (Å²) in [5.74, 6) is 1.79. The van der Waals surface area contributed by atoms with Gasteiger partial charge in [-0.05, 0) is 42.5 Å². The highest BCUT2D eigenvalue weighted by molar-refractivity contribution is 6.02. The first-order chi connectivity index (χ1) is 12.3. The van der Waals surface area contributed by atoms with Gasteiger partial charge in [-0.3, -0.25) is 4.40 Å². The zero-order valence-electron chi connectivity index (χ0n) is 13.8. The largest absolute Gasteiger partial charge is 0.497 e. The minimum atomic E-state index is 0.846. The maximum absolute atomic E-state index is 5.29. The van der Waals surface area contributed by atoms with Gasteiger partial charge in [-0.25, -0.2) is 4.98 Å². The molecule has 120 valence electrons. The van der Waals surface area contributed by atoms with Crippen LogP contribution in [0.15, 0.2) is 78.9 Å². The van der Waals surface area contributed by atoms with Gasteiger partial charge in [-0.2, -0.15) is 0 Å². The molecule has 3 nitrogen and oxygen atoms in total. The molecule has 0 aliphatic rings. The molecule has 0 saturated carbocycles. The van der Waals surface area contributed by atoms with Gasteiger partial charge in [0.1, 0.15) is 11.6 Å². The highest BCUT2D eigenvalue weighted by atomic mass is 16.5. The van der Waals surface area contributed by atoms with Crippen molar-refractivity contribution in [1.29, 1.82) is 0 Å².